The van der Waals surface area contributed by atoms with E-state index in [2.05, 4.69) is 15.3 Å². The number of piperazine rings is 1. The highest BCUT2D eigenvalue weighted by atomic mass is 35.5. The van der Waals surface area contributed by atoms with Gasteiger partial charge in [0.1, 0.15) is 5.56 Å². The SMILES string of the molecule is COC(=O)c1c(C)nc(Cl)nc1OC(=O)N1C2CCC1(C)CNC2. The van der Waals surface area contributed by atoms with Crippen molar-refractivity contribution in [1.82, 2.24) is 20.2 Å². The molecule has 2 aliphatic heterocycles. The third kappa shape index (κ3) is 2.80. The van der Waals surface area contributed by atoms with Crippen molar-refractivity contribution in [3.63, 3.8) is 0 Å². The first-order chi connectivity index (χ1) is 11.4. The van der Waals surface area contributed by atoms with Crippen LogP contribution < -0.4 is 10.1 Å². The number of nitrogens with one attached hydrogen (secondary N) is 1. The molecule has 0 radical (unpaired) electrons. The molecule has 2 bridgehead atoms. The van der Waals surface area contributed by atoms with Crippen LogP contribution in [0.3, 0.4) is 0 Å². The van der Waals surface area contributed by atoms with Crippen molar-refractivity contribution in [2.75, 3.05) is 20.2 Å². The molecule has 130 valence electrons. The zero-order valence-corrected chi connectivity index (χ0v) is 14.5. The van der Waals surface area contributed by atoms with Crippen LogP contribution in [-0.2, 0) is 4.74 Å². The van der Waals surface area contributed by atoms with E-state index in [0.29, 0.717) is 12.2 Å². The number of methoxy groups -OCH3 is 1. The summed E-state index contributed by atoms with van der Waals surface area (Å²) in [4.78, 5) is 34.3. The summed E-state index contributed by atoms with van der Waals surface area (Å²) in [6, 6.07) is 0.0660. The van der Waals surface area contributed by atoms with Crippen molar-refractivity contribution in [2.45, 2.75) is 38.3 Å². The maximum Gasteiger partial charge on any atom is 0.417 e. The smallest absolute Gasteiger partial charge is 0.417 e. The van der Waals surface area contributed by atoms with Crippen molar-refractivity contribution < 1.29 is 19.1 Å². The summed E-state index contributed by atoms with van der Waals surface area (Å²) in [5.74, 6) is -0.854. The summed E-state index contributed by atoms with van der Waals surface area (Å²) >= 11 is 5.85. The molecule has 24 heavy (non-hydrogen) atoms. The van der Waals surface area contributed by atoms with E-state index in [1.807, 2.05) is 6.92 Å². The molecule has 1 amide bonds. The molecule has 0 aromatic carbocycles. The van der Waals surface area contributed by atoms with Crippen LogP contribution >= 0.6 is 11.6 Å². The lowest BCUT2D eigenvalue weighted by atomic mass is 9.99. The largest absolute Gasteiger partial charge is 0.465 e. The van der Waals surface area contributed by atoms with Gasteiger partial charge in [-0.15, -0.1) is 0 Å². The fourth-order valence-electron chi connectivity index (χ4n) is 3.47. The number of rotatable bonds is 2. The second kappa shape index (κ2) is 6.18. The summed E-state index contributed by atoms with van der Waals surface area (Å²) < 4.78 is 10.2. The number of nitrogens with zero attached hydrogens (tertiary/aromatic N) is 3. The van der Waals surface area contributed by atoms with Gasteiger partial charge in [-0.05, 0) is 38.3 Å². The van der Waals surface area contributed by atoms with Gasteiger partial charge >= 0.3 is 12.1 Å². The third-order valence-electron chi connectivity index (χ3n) is 4.65. The zero-order chi connectivity index (χ0) is 17.5. The monoisotopic (exact) mass is 354 g/mol. The highest BCUT2D eigenvalue weighted by Crippen LogP contribution is 2.36. The maximum absolute atomic E-state index is 12.7. The molecule has 3 heterocycles. The molecule has 0 spiro atoms. The van der Waals surface area contributed by atoms with Crippen LogP contribution in [0.25, 0.3) is 0 Å². The van der Waals surface area contributed by atoms with Gasteiger partial charge in [0.2, 0.25) is 11.2 Å². The second-order valence-electron chi connectivity index (χ2n) is 6.31. The molecule has 3 rings (SSSR count). The Balaban J connectivity index is 1.91. The van der Waals surface area contributed by atoms with E-state index >= 15 is 0 Å². The molecule has 0 aliphatic carbocycles. The first-order valence-corrected chi connectivity index (χ1v) is 8.08. The molecule has 2 fully saturated rings. The molecule has 1 aromatic rings. The van der Waals surface area contributed by atoms with E-state index in [1.54, 1.807) is 11.8 Å². The third-order valence-corrected chi connectivity index (χ3v) is 4.82. The Morgan fingerprint density at radius 1 is 1.42 bits per heavy atom. The number of hydrogen-bond acceptors (Lipinski definition) is 7. The average molecular weight is 355 g/mol. The van der Waals surface area contributed by atoms with Gasteiger partial charge in [0.05, 0.1) is 18.3 Å². The summed E-state index contributed by atoms with van der Waals surface area (Å²) in [7, 11) is 1.24. The number of hydrogen-bond donors (Lipinski definition) is 1. The van der Waals surface area contributed by atoms with E-state index < -0.39 is 12.1 Å². The van der Waals surface area contributed by atoms with Crippen LogP contribution in [0, 0.1) is 6.92 Å². The number of carbonyl (C=O) groups is 2. The molecule has 8 nitrogen and oxygen atoms in total. The Labute approximate surface area is 144 Å². The number of aromatic nitrogens is 2. The van der Waals surface area contributed by atoms with Crippen molar-refractivity contribution in [3.05, 3.63) is 16.5 Å². The van der Waals surface area contributed by atoms with Gasteiger partial charge in [-0.25, -0.2) is 14.6 Å². The lowest BCUT2D eigenvalue weighted by molar-refractivity contribution is 0.0587. The molecule has 9 heteroatoms. The van der Waals surface area contributed by atoms with Crippen LogP contribution in [0.2, 0.25) is 5.28 Å². The molecule has 1 N–H and O–H groups in total. The average Bonchev–Trinajstić information content (AvgIpc) is 2.71. The van der Waals surface area contributed by atoms with Crippen LogP contribution in [-0.4, -0.2) is 58.7 Å². The van der Waals surface area contributed by atoms with Gasteiger partial charge < -0.3 is 14.8 Å². The van der Waals surface area contributed by atoms with Gasteiger partial charge in [-0.3, -0.25) is 4.90 Å². The minimum absolute atomic E-state index is 0.00267. The Bertz CT molecular complexity index is 694. The lowest BCUT2D eigenvalue weighted by Gasteiger charge is -2.41. The van der Waals surface area contributed by atoms with Gasteiger partial charge in [-0.2, -0.15) is 4.98 Å². The topological polar surface area (TPSA) is 93.6 Å². The molecule has 2 unspecified atom stereocenters. The summed E-state index contributed by atoms with van der Waals surface area (Å²) in [6.45, 7) is 5.01. The molecule has 2 saturated heterocycles. The first kappa shape index (κ1) is 16.9. The number of aryl methyl sites for hydroxylation is 1. The predicted octanol–water partition coefficient (Wildman–Crippen LogP) is 1.55. The second-order valence-corrected chi connectivity index (χ2v) is 6.65. The van der Waals surface area contributed by atoms with E-state index in [9.17, 15) is 9.59 Å². The predicted molar refractivity (Wildman–Crippen MR) is 85.3 cm³/mol. The van der Waals surface area contributed by atoms with Crippen molar-refractivity contribution in [3.8, 4) is 5.88 Å². The standard InChI is InChI=1S/C15H19ClN4O4/c1-8-10(12(21)23-3)11(19-13(16)18-8)24-14(22)20-9-4-5-15(20,2)7-17-6-9/h9,17H,4-7H2,1-3H3. The van der Waals surface area contributed by atoms with Crippen molar-refractivity contribution in [1.29, 1.82) is 0 Å². The maximum atomic E-state index is 12.7. The quantitative estimate of drug-likeness (QED) is 0.636. The first-order valence-electron chi connectivity index (χ1n) is 7.70. The zero-order valence-electron chi connectivity index (χ0n) is 13.8. The number of carbonyl (C=O) groups excluding carboxylic acids is 2. The van der Waals surface area contributed by atoms with E-state index in [-0.39, 0.29) is 28.3 Å². The number of amides is 1. The minimum Gasteiger partial charge on any atom is -0.465 e. The Kier molecular flexibility index (Phi) is 4.35. The van der Waals surface area contributed by atoms with Gasteiger partial charge in [0.25, 0.3) is 0 Å². The molecular weight excluding hydrogens is 336 g/mol. The van der Waals surface area contributed by atoms with E-state index in [0.717, 1.165) is 19.4 Å². The Morgan fingerprint density at radius 2 is 2.17 bits per heavy atom. The lowest BCUT2D eigenvalue weighted by Crippen LogP contribution is -2.61. The molecule has 1 aromatic heterocycles. The van der Waals surface area contributed by atoms with Gasteiger partial charge in [0, 0.05) is 19.1 Å². The van der Waals surface area contributed by atoms with Gasteiger partial charge in [0.15, 0.2) is 0 Å². The van der Waals surface area contributed by atoms with Crippen LogP contribution in [0.4, 0.5) is 4.79 Å². The molecule has 0 saturated carbocycles. The fraction of sp³-hybridized carbons (Fsp3) is 0.600. The molecule has 2 atom stereocenters. The van der Waals surface area contributed by atoms with Crippen LogP contribution in [0.15, 0.2) is 0 Å². The van der Waals surface area contributed by atoms with E-state index in [1.165, 1.54) is 7.11 Å². The van der Waals surface area contributed by atoms with Crippen LogP contribution in [0.1, 0.15) is 35.8 Å². The normalized spacial score (nSPS) is 25.5. The Morgan fingerprint density at radius 3 is 2.83 bits per heavy atom. The Hall–Kier alpha value is -1.93. The molecular formula is C15H19ClN4O4. The highest BCUT2D eigenvalue weighted by Gasteiger charge is 2.49. The summed E-state index contributed by atoms with van der Waals surface area (Å²) in [5.41, 5.74) is -0.0147. The van der Waals surface area contributed by atoms with E-state index in [4.69, 9.17) is 21.1 Å². The number of fused-ring (bicyclic) bond motifs is 2. The number of esters is 1. The van der Waals surface area contributed by atoms with Crippen LogP contribution in [0.5, 0.6) is 5.88 Å². The summed E-state index contributed by atoms with van der Waals surface area (Å²) in [5, 5.41) is 3.22. The number of ether oxygens (including phenoxy) is 2. The van der Waals surface area contributed by atoms with Crippen molar-refractivity contribution >= 4 is 23.7 Å². The summed E-state index contributed by atoms with van der Waals surface area (Å²) in [6.07, 6.45) is 1.26. The fourth-order valence-corrected chi connectivity index (χ4v) is 3.67. The van der Waals surface area contributed by atoms with Crippen molar-refractivity contribution in [2.24, 2.45) is 0 Å². The molecule has 2 aliphatic rings. The number of halogens is 1. The van der Waals surface area contributed by atoms with Gasteiger partial charge in [-0.1, -0.05) is 0 Å². The minimum atomic E-state index is -0.679. The highest BCUT2D eigenvalue weighted by molar-refractivity contribution is 6.28.